The maximum atomic E-state index is 13.1. The van der Waals surface area contributed by atoms with Gasteiger partial charge in [0.1, 0.15) is 23.1 Å². The summed E-state index contributed by atoms with van der Waals surface area (Å²) in [4.78, 5) is 7.99. The van der Waals surface area contributed by atoms with Gasteiger partial charge in [-0.25, -0.2) is 4.39 Å². The summed E-state index contributed by atoms with van der Waals surface area (Å²) in [5.41, 5.74) is 0.821. The fraction of sp³-hybridized carbons (Fsp3) is 0.0833. The molecular weight excluding hydrogens is 269 g/mol. The summed E-state index contributed by atoms with van der Waals surface area (Å²) in [6.45, 7) is 0.451. The summed E-state index contributed by atoms with van der Waals surface area (Å²) in [5, 5.41) is 7.49. The van der Waals surface area contributed by atoms with Gasteiger partial charge in [0.2, 0.25) is 0 Å². The molecule has 0 amide bonds. The lowest BCUT2D eigenvalue weighted by molar-refractivity contribution is 0.626. The van der Waals surface area contributed by atoms with Crippen molar-refractivity contribution in [1.29, 1.82) is 0 Å². The summed E-state index contributed by atoms with van der Waals surface area (Å²) in [5.74, 6) is 0.795. The number of halogens is 2. The zero-order chi connectivity index (χ0) is 13.2. The molecule has 0 unspecified atom stereocenters. The summed E-state index contributed by atoms with van der Waals surface area (Å²) >= 11 is 5.90. The molecule has 2 heterocycles. The number of aromatic nitrogens is 4. The summed E-state index contributed by atoms with van der Waals surface area (Å²) < 4.78 is 14.6. The fourth-order valence-corrected chi connectivity index (χ4v) is 1.93. The van der Waals surface area contributed by atoms with Gasteiger partial charge >= 0.3 is 0 Å². The largest absolute Gasteiger partial charge is 0.366 e. The molecule has 0 aliphatic carbocycles. The number of anilines is 1. The van der Waals surface area contributed by atoms with Crippen LogP contribution in [0.4, 0.5) is 10.2 Å². The van der Waals surface area contributed by atoms with E-state index in [1.807, 2.05) is 6.07 Å². The molecule has 0 aliphatic heterocycles. The van der Waals surface area contributed by atoms with E-state index in [0.717, 1.165) is 5.56 Å². The molecule has 1 N–H and O–H groups in total. The van der Waals surface area contributed by atoms with Crippen LogP contribution in [0.3, 0.4) is 0 Å². The third kappa shape index (κ3) is 2.48. The molecule has 0 saturated carbocycles. The first-order valence-corrected chi connectivity index (χ1v) is 5.95. The lowest BCUT2D eigenvalue weighted by atomic mass is 10.2. The van der Waals surface area contributed by atoms with Gasteiger partial charge in [-0.2, -0.15) is 19.6 Å². The van der Waals surface area contributed by atoms with Crippen LogP contribution >= 0.6 is 11.6 Å². The zero-order valence-corrected chi connectivity index (χ0v) is 10.5. The third-order valence-corrected chi connectivity index (χ3v) is 2.78. The molecule has 96 valence electrons. The molecule has 3 aromatic rings. The Kier molecular flexibility index (Phi) is 3.00. The van der Waals surface area contributed by atoms with Crippen molar-refractivity contribution in [2.24, 2.45) is 0 Å². The Balaban J connectivity index is 1.87. The zero-order valence-electron chi connectivity index (χ0n) is 9.72. The Labute approximate surface area is 113 Å². The molecule has 3 rings (SSSR count). The number of nitrogens with one attached hydrogen (secondary N) is 1. The summed E-state index contributed by atoms with van der Waals surface area (Å²) in [6, 6.07) is 8.01. The standard InChI is InChI=1S/C12H9ClFN5/c13-10-5-11(19-12(18-10)16-7-17-19)15-6-8-2-1-3-9(14)4-8/h1-5,7,15H,6H2. The molecule has 7 heteroatoms. The van der Waals surface area contributed by atoms with Crippen LogP contribution in [0.25, 0.3) is 5.78 Å². The normalized spacial score (nSPS) is 10.8. The molecule has 2 aromatic heterocycles. The number of benzene rings is 1. The van der Waals surface area contributed by atoms with E-state index in [9.17, 15) is 4.39 Å². The van der Waals surface area contributed by atoms with Gasteiger partial charge in [-0.1, -0.05) is 23.7 Å². The van der Waals surface area contributed by atoms with Crippen molar-refractivity contribution in [3.8, 4) is 0 Å². The van der Waals surface area contributed by atoms with Gasteiger partial charge < -0.3 is 5.32 Å². The van der Waals surface area contributed by atoms with Crippen molar-refractivity contribution in [2.45, 2.75) is 6.54 Å². The number of fused-ring (bicyclic) bond motifs is 1. The highest BCUT2D eigenvalue weighted by Crippen LogP contribution is 2.15. The minimum atomic E-state index is -0.266. The van der Waals surface area contributed by atoms with E-state index in [0.29, 0.717) is 23.3 Å². The maximum Gasteiger partial charge on any atom is 0.255 e. The van der Waals surface area contributed by atoms with Gasteiger partial charge in [0.25, 0.3) is 5.78 Å². The van der Waals surface area contributed by atoms with Crippen molar-refractivity contribution in [3.63, 3.8) is 0 Å². The monoisotopic (exact) mass is 277 g/mol. The maximum absolute atomic E-state index is 13.1. The first kappa shape index (κ1) is 11.9. The number of hydrogen-bond donors (Lipinski definition) is 1. The lowest BCUT2D eigenvalue weighted by Gasteiger charge is -2.08. The Morgan fingerprint density at radius 1 is 1.32 bits per heavy atom. The second-order valence-electron chi connectivity index (χ2n) is 3.92. The molecule has 19 heavy (non-hydrogen) atoms. The van der Waals surface area contributed by atoms with Crippen molar-refractivity contribution in [3.05, 3.63) is 53.2 Å². The van der Waals surface area contributed by atoms with Crippen molar-refractivity contribution >= 4 is 23.2 Å². The highest BCUT2D eigenvalue weighted by atomic mass is 35.5. The number of rotatable bonds is 3. The van der Waals surface area contributed by atoms with Gasteiger partial charge in [-0.3, -0.25) is 0 Å². The predicted molar refractivity (Wildman–Crippen MR) is 69.5 cm³/mol. The molecular formula is C12H9ClFN5. The lowest BCUT2D eigenvalue weighted by Crippen LogP contribution is -2.06. The average Bonchev–Trinajstić information content (AvgIpc) is 2.84. The molecule has 0 radical (unpaired) electrons. The van der Waals surface area contributed by atoms with Crippen LogP contribution in [0.2, 0.25) is 5.15 Å². The van der Waals surface area contributed by atoms with E-state index in [-0.39, 0.29) is 5.82 Å². The van der Waals surface area contributed by atoms with E-state index in [1.54, 1.807) is 12.1 Å². The van der Waals surface area contributed by atoms with Crippen molar-refractivity contribution in [1.82, 2.24) is 19.6 Å². The molecule has 0 bridgehead atoms. The van der Waals surface area contributed by atoms with Crippen LogP contribution in [0.1, 0.15) is 5.56 Å². The molecule has 0 fully saturated rings. The molecule has 5 nitrogen and oxygen atoms in total. The highest BCUT2D eigenvalue weighted by Gasteiger charge is 2.06. The second kappa shape index (κ2) is 4.81. The highest BCUT2D eigenvalue weighted by molar-refractivity contribution is 6.29. The Hall–Kier alpha value is -2.21. The smallest absolute Gasteiger partial charge is 0.255 e. The number of nitrogens with zero attached hydrogens (tertiary/aromatic N) is 4. The van der Waals surface area contributed by atoms with Crippen LogP contribution in [0.15, 0.2) is 36.7 Å². The molecule has 1 aromatic carbocycles. The van der Waals surface area contributed by atoms with Gasteiger partial charge in [0, 0.05) is 12.6 Å². The van der Waals surface area contributed by atoms with Gasteiger partial charge in [-0.05, 0) is 17.7 Å². The van der Waals surface area contributed by atoms with Crippen LogP contribution < -0.4 is 5.32 Å². The first-order valence-electron chi connectivity index (χ1n) is 5.57. The van der Waals surface area contributed by atoms with E-state index in [2.05, 4.69) is 20.4 Å². The van der Waals surface area contributed by atoms with Gasteiger partial charge in [0.05, 0.1) is 0 Å². The summed E-state index contributed by atoms with van der Waals surface area (Å²) in [7, 11) is 0. The van der Waals surface area contributed by atoms with Crippen LogP contribution in [0.5, 0.6) is 0 Å². The number of hydrogen-bond acceptors (Lipinski definition) is 4. The van der Waals surface area contributed by atoms with E-state index in [1.165, 1.54) is 23.0 Å². The fourth-order valence-electron chi connectivity index (χ4n) is 1.75. The minimum absolute atomic E-state index is 0.266. The predicted octanol–water partition coefficient (Wildman–Crippen LogP) is 2.53. The van der Waals surface area contributed by atoms with E-state index in [4.69, 9.17) is 11.6 Å². The van der Waals surface area contributed by atoms with Crippen LogP contribution in [-0.4, -0.2) is 19.6 Å². The third-order valence-electron chi connectivity index (χ3n) is 2.58. The minimum Gasteiger partial charge on any atom is -0.366 e. The topological polar surface area (TPSA) is 55.1 Å². The van der Waals surface area contributed by atoms with Crippen LogP contribution in [-0.2, 0) is 6.54 Å². The van der Waals surface area contributed by atoms with Crippen molar-refractivity contribution in [2.75, 3.05) is 5.32 Å². The molecule has 0 spiro atoms. The average molecular weight is 278 g/mol. The molecule has 0 saturated heterocycles. The molecule has 0 aliphatic rings. The van der Waals surface area contributed by atoms with Gasteiger partial charge in [-0.15, -0.1) is 0 Å². The second-order valence-corrected chi connectivity index (χ2v) is 4.31. The van der Waals surface area contributed by atoms with Crippen LogP contribution in [0, 0.1) is 5.82 Å². The molecule has 0 atom stereocenters. The quantitative estimate of drug-likeness (QED) is 0.748. The van der Waals surface area contributed by atoms with Crippen molar-refractivity contribution < 1.29 is 4.39 Å². The Morgan fingerprint density at radius 3 is 3.05 bits per heavy atom. The summed E-state index contributed by atoms with van der Waals surface area (Å²) in [6.07, 6.45) is 1.39. The van der Waals surface area contributed by atoms with Gasteiger partial charge in [0.15, 0.2) is 0 Å². The Bertz CT molecular complexity index is 727. The Morgan fingerprint density at radius 2 is 2.21 bits per heavy atom. The first-order chi connectivity index (χ1) is 9.22. The van der Waals surface area contributed by atoms with E-state index < -0.39 is 0 Å². The SMILES string of the molecule is Fc1cccc(CNc2cc(Cl)nc3ncnn23)c1. The van der Waals surface area contributed by atoms with E-state index >= 15 is 0 Å².